The Labute approximate surface area is 113 Å². The summed E-state index contributed by atoms with van der Waals surface area (Å²) in [4.78, 5) is 0. The lowest BCUT2D eigenvalue weighted by Gasteiger charge is -2.37. The summed E-state index contributed by atoms with van der Waals surface area (Å²) >= 11 is 0. The van der Waals surface area contributed by atoms with Gasteiger partial charge in [0.2, 0.25) is 0 Å². The Morgan fingerprint density at radius 3 is 2.33 bits per heavy atom. The number of allylic oxidation sites excluding steroid dienone is 1. The van der Waals surface area contributed by atoms with Crippen molar-refractivity contribution in [1.82, 2.24) is 0 Å². The Bertz CT molecular complexity index is 219. The number of rotatable bonds is 11. The fourth-order valence-electron chi connectivity index (χ4n) is 2.14. The summed E-state index contributed by atoms with van der Waals surface area (Å²) in [5, 5.41) is 0. The molecule has 2 heteroatoms. The fraction of sp³-hybridized carbons (Fsp3) is 0.875. The summed E-state index contributed by atoms with van der Waals surface area (Å²) in [7, 11) is 0. The topological polar surface area (TPSA) is 18.5 Å². The van der Waals surface area contributed by atoms with Crippen LogP contribution in [-0.2, 0) is 9.47 Å². The van der Waals surface area contributed by atoms with Crippen LogP contribution >= 0.6 is 0 Å². The lowest BCUT2D eigenvalue weighted by molar-refractivity contribution is -0.126. The first-order valence-corrected chi connectivity index (χ1v) is 7.61. The van der Waals surface area contributed by atoms with Crippen molar-refractivity contribution in [3.8, 4) is 0 Å². The lowest BCUT2D eigenvalue weighted by atomic mass is 9.90. The van der Waals surface area contributed by atoms with E-state index >= 15 is 0 Å². The molecule has 0 aliphatic carbocycles. The van der Waals surface area contributed by atoms with E-state index in [0.29, 0.717) is 0 Å². The second-order valence-corrected chi connectivity index (χ2v) is 5.90. The molecule has 0 amide bonds. The lowest BCUT2D eigenvalue weighted by Crippen LogP contribution is -2.43. The van der Waals surface area contributed by atoms with Crippen LogP contribution in [0.25, 0.3) is 0 Å². The second-order valence-electron chi connectivity index (χ2n) is 5.90. The summed E-state index contributed by atoms with van der Waals surface area (Å²) in [6.07, 6.45) is 14.8. The Kier molecular flexibility index (Phi) is 8.15. The molecule has 0 atom stereocenters. The van der Waals surface area contributed by atoms with Gasteiger partial charge < -0.3 is 9.47 Å². The van der Waals surface area contributed by atoms with Crippen LogP contribution in [0.5, 0.6) is 0 Å². The first-order chi connectivity index (χ1) is 8.77. The summed E-state index contributed by atoms with van der Waals surface area (Å²) in [6.45, 7) is 6.96. The van der Waals surface area contributed by atoms with Gasteiger partial charge in [-0.3, -0.25) is 0 Å². The molecule has 0 aromatic carbocycles. The molecule has 0 N–H and O–H groups in total. The fourth-order valence-corrected chi connectivity index (χ4v) is 2.14. The zero-order valence-electron chi connectivity index (χ0n) is 12.2. The van der Waals surface area contributed by atoms with E-state index in [1.807, 2.05) is 6.26 Å². The molecule has 0 unspecified atom stereocenters. The molecule has 0 saturated carbocycles. The van der Waals surface area contributed by atoms with Crippen molar-refractivity contribution < 1.29 is 9.47 Å². The van der Waals surface area contributed by atoms with Gasteiger partial charge in [-0.15, -0.1) is 0 Å². The average molecular weight is 254 g/mol. The number of unbranched alkanes of at least 4 members (excludes halogenated alkanes) is 7. The molecule has 0 aromatic rings. The molecular formula is C16H30O2. The van der Waals surface area contributed by atoms with Gasteiger partial charge in [0.05, 0.1) is 26.1 Å². The Morgan fingerprint density at radius 2 is 1.72 bits per heavy atom. The van der Waals surface area contributed by atoms with E-state index < -0.39 is 0 Å². The minimum absolute atomic E-state index is 0.267. The van der Waals surface area contributed by atoms with E-state index in [-0.39, 0.29) is 5.41 Å². The molecule has 0 radical (unpaired) electrons. The predicted octanol–water partition coefficient (Wildman–Crippen LogP) is 4.69. The van der Waals surface area contributed by atoms with E-state index in [9.17, 15) is 0 Å². The molecule has 1 aliphatic rings. The smallest absolute Gasteiger partial charge is 0.0970 e. The standard InChI is InChI=1S/C16H30O2/c1-3-4-5-6-7-8-9-10-11-12-17-13-16(2)14-18-15-16/h11-12H,3-10,13-15H2,1-2H3. The van der Waals surface area contributed by atoms with Gasteiger partial charge in [0.25, 0.3) is 0 Å². The first kappa shape index (κ1) is 15.6. The van der Waals surface area contributed by atoms with E-state index in [1.165, 1.54) is 44.9 Å². The first-order valence-electron chi connectivity index (χ1n) is 7.61. The molecule has 1 fully saturated rings. The van der Waals surface area contributed by atoms with Crippen molar-refractivity contribution in [2.45, 2.75) is 65.2 Å². The van der Waals surface area contributed by atoms with E-state index in [2.05, 4.69) is 19.9 Å². The summed E-state index contributed by atoms with van der Waals surface area (Å²) < 4.78 is 10.7. The van der Waals surface area contributed by atoms with Gasteiger partial charge >= 0.3 is 0 Å². The third kappa shape index (κ3) is 7.05. The van der Waals surface area contributed by atoms with E-state index in [1.54, 1.807) is 0 Å². The van der Waals surface area contributed by atoms with Gasteiger partial charge in [-0.1, -0.05) is 52.4 Å². The SMILES string of the molecule is CCCCCCCCCC=COCC1(C)COC1. The predicted molar refractivity (Wildman–Crippen MR) is 76.6 cm³/mol. The molecule has 0 bridgehead atoms. The second kappa shape index (κ2) is 9.43. The van der Waals surface area contributed by atoms with Crippen LogP contribution < -0.4 is 0 Å². The minimum atomic E-state index is 0.267. The van der Waals surface area contributed by atoms with Gasteiger partial charge in [0.1, 0.15) is 0 Å². The molecule has 0 aromatic heterocycles. The average Bonchev–Trinajstić information content (AvgIpc) is 2.34. The molecule has 18 heavy (non-hydrogen) atoms. The van der Waals surface area contributed by atoms with Crippen molar-refractivity contribution >= 4 is 0 Å². The van der Waals surface area contributed by atoms with Crippen molar-refractivity contribution in [2.75, 3.05) is 19.8 Å². The van der Waals surface area contributed by atoms with Gasteiger partial charge in [-0.2, -0.15) is 0 Å². The van der Waals surface area contributed by atoms with Gasteiger partial charge in [-0.05, 0) is 18.9 Å². The van der Waals surface area contributed by atoms with Crippen molar-refractivity contribution in [3.63, 3.8) is 0 Å². The summed E-state index contributed by atoms with van der Waals surface area (Å²) in [5.41, 5.74) is 0.267. The molecule has 2 nitrogen and oxygen atoms in total. The monoisotopic (exact) mass is 254 g/mol. The van der Waals surface area contributed by atoms with Crippen molar-refractivity contribution in [3.05, 3.63) is 12.3 Å². The Hall–Kier alpha value is -0.500. The van der Waals surface area contributed by atoms with Crippen LogP contribution in [0.3, 0.4) is 0 Å². The molecule has 1 saturated heterocycles. The van der Waals surface area contributed by atoms with Crippen LogP contribution in [0.15, 0.2) is 12.3 Å². The maximum absolute atomic E-state index is 5.54. The number of ether oxygens (including phenoxy) is 2. The van der Waals surface area contributed by atoms with E-state index in [0.717, 1.165) is 26.2 Å². The van der Waals surface area contributed by atoms with Crippen LogP contribution in [0.1, 0.15) is 65.2 Å². The van der Waals surface area contributed by atoms with Crippen LogP contribution in [0.4, 0.5) is 0 Å². The molecular weight excluding hydrogens is 224 g/mol. The van der Waals surface area contributed by atoms with Gasteiger partial charge in [0, 0.05) is 5.41 Å². The third-order valence-corrected chi connectivity index (χ3v) is 3.50. The minimum Gasteiger partial charge on any atom is -0.501 e. The number of hydrogen-bond acceptors (Lipinski definition) is 2. The third-order valence-electron chi connectivity index (χ3n) is 3.50. The quantitative estimate of drug-likeness (QED) is 0.393. The number of hydrogen-bond donors (Lipinski definition) is 0. The molecule has 1 aliphatic heterocycles. The molecule has 0 spiro atoms. The van der Waals surface area contributed by atoms with Gasteiger partial charge in [0.15, 0.2) is 0 Å². The summed E-state index contributed by atoms with van der Waals surface area (Å²) in [5.74, 6) is 0. The maximum Gasteiger partial charge on any atom is 0.0970 e. The van der Waals surface area contributed by atoms with Crippen molar-refractivity contribution in [1.29, 1.82) is 0 Å². The maximum atomic E-state index is 5.54. The van der Waals surface area contributed by atoms with Crippen LogP contribution in [-0.4, -0.2) is 19.8 Å². The molecule has 1 rings (SSSR count). The highest BCUT2D eigenvalue weighted by atomic mass is 16.5. The zero-order valence-corrected chi connectivity index (χ0v) is 12.2. The highest BCUT2D eigenvalue weighted by molar-refractivity contribution is 4.82. The highest BCUT2D eigenvalue weighted by Gasteiger charge is 2.33. The molecule has 106 valence electrons. The Balaban J connectivity index is 1.79. The van der Waals surface area contributed by atoms with Crippen LogP contribution in [0.2, 0.25) is 0 Å². The molecule has 1 heterocycles. The van der Waals surface area contributed by atoms with Crippen molar-refractivity contribution in [2.24, 2.45) is 5.41 Å². The van der Waals surface area contributed by atoms with Crippen LogP contribution in [0, 0.1) is 5.41 Å². The highest BCUT2D eigenvalue weighted by Crippen LogP contribution is 2.26. The van der Waals surface area contributed by atoms with Gasteiger partial charge in [-0.25, -0.2) is 0 Å². The normalized spacial score (nSPS) is 17.9. The Morgan fingerprint density at radius 1 is 1.06 bits per heavy atom. The summed E-state index contributed by atoms with van der Waals surface area (Å²) in [6, 6.07) is 0. The zero-order chi connectivity index (χ0) is 13.1. The largest absolute Gasteiger partial charge is 0.501 e. The van der Waals surface area contributed by atoms with E-state index in [4.69, 9.17) is 9.47 Å².